The van der Waals surface area contributed by atoms with Gasteiger partial charge in [0.2, 0.25) is 0 Å². The maximum atomic E-state index is 12.4. The molecule has 1 amide bonds. The Hall–Kier alpha value is -2.69. The fourth-order valence-electron chi connectivity index (χ4n) is 2.34. The Bertz CT molecular complexity index is 815. The summed E-state index contributed by atoms with van der Waals surface area (Å²) < 4.78 is 1.81. The Balaban J connectivity index is 1.95. The number of nitrogens with zero attached hydrogens (tertiary/aromatic N) is 3. The van der Waals surface area contributed by atoms with Crippen molar-refractivity contribution in [3.63, 3.8) is 0 Å². The van der Waals surface area contributed by atoms with Gasteiger partial charge in [0.1, 0.15) is 5.82 Å². The maximum Gasteiger partial charge on any atom is 0.257 e. The zero-order valence-corrected chi connectivity index (χ0v) is 12.2. The molecule has 0 radical (unpaired) electrons. The number of benzene rings is 1. The van der Waals surface area contributed by atoms with Crippen LogP contribution in [0.1, 0.15) is 27.3 Å². The Morgan fingerprint density at radius 3 is 2.48 bits per heavy atom. The van der Waals surface area contributed by atoms with Crippen LogP contribution in [-0.2, 0) is 0 Å². The zero-order chi connectivity index (χ0) is 15.0. The summed E-state index contributed by atoms with van der Waals surface area (Å²) in [6, 6.07) is 9.49. The second-order valence-electron chi connectivity index (χ2n) is 5.11. The molecule has 106 valence electrons. The van der Waals surface area contributed by atoms with Gasteiger partial charge in [0.15, 0.2) is 5.65 Å². The predicted octanol–water partition coefficient (Wildman–Crippen LogP) is 2.91. The molecule has 0 spiro atoms. The Morgan fingerprint density at radius 2 is 1.76 bits per heavy atom. The first kappa shape index (κ1) is 13.3. The van der Waals surface area contributed by atoms with Crippen molar-refractivity contribution in [3.8, 4) is 0 Å². The lowest BCUT2D eigenvalue weighted by Crippen LogP contribution is -2.14. The number of carbonyl (C=O) groups excluding carboxylic acids is 1. The lowest BCUT2D eigenvalue weighted by atomic mass is 10.1. The van der Waals surface area contributed by atoms with Crippen LogP contribution in [0, 0.1) is 20.8 Å². The molecular formula is C16H16N4O. The second kappa shape index (κ2) is 5.01. The molecule has 0 atom stereocenters. The third-order valence-corrected chi connectivity index (χ3v) is 3.55. The van der Waals surface area contributed by atoms with Crippen LogP contribution in [0.5, 0.6) is 0 Å². The number of aryl methyl sites for hydroxylation is 3. The molecular weight excluding hydrogens is 264 g/mol. The zero-order valence-electron chi connectivity index (χ0n) is 12.2. The Morgan fingerprint density at radius 1 is 1.05 bits per heavy atom. The summed E-state index contributed by atoms with van der Waals surface area (Å²) in [4.78, 5) is 12.4. The van der Waals surface area contributed by atoms with Crippen molar-refractivity contribution in [2.75, 3.05) is 5.32 Å². The van der Waals surface area contributed by atoms with Gasteiger partial charge in [0.05, 0.1) is 5.56 Å². The summed E-state index contributed by atoms with van der Waals surface area (Å²) in [5, 5.41) is 11.0. The van der Waals surface area contributed by atoms with Crippen molar-refractivity contribution in [3.05, 3.63) is 59.0 Å². The summed E-state index contributed by atoms with van der Waals surface area (Å²) >= 11 is 0. The molecule has 0 unspecified atom stereocenters. The quantitative estimate of drug-likeness (QED) is 0.785. The minimum atomic E-state index is -0.137. The molecule has 0 fully saturated rings. The number of anilines is 1. The molecule has 2 aromatic heterocycles. The number of carbonyl (C=O) groups is 1. The van der Waals surface area contributed by atoms with E-state index in [0.717, 1.165) is 28.3 Å². The van der Waals surface area contributed by atoms with E-state index in [1.54, 1.807) is 22.7 Å². The number of rotatable bonds is 2. The molecule has 1 aromatic carbocycles. The molecule has 5 nitrogen and oxygen atoms in total. The number of fused-ring (bicyclic) bond motifs is 1. The smallest absolute Gasteiger partial charge is 0.257 e. The third kappa shape index (κ3) is 2.38. The van der Waals surface area contributed by atoms with E-state index < -0.39 is 0 Å². The highest BCUT2D eigenvalue weighted by atomic mass is 16.1. The Kier molecular flexibility index (Phi) is 3.17. The predicted molar refractivity (Wildman–Crippen MR) is 81.6 cm³/mol. The van der Waals surface area contributed by atoms with Crippen LogP contribution in [0.15, 0.2) is 36.5 Å². The summed E-state index contributed by atoms with van der Waals surface area (Å²) in [6.07, 6.45) is 1.76. The Labute approximate surface area is 122 Å². The van der Waals surface area contributed by atoms with E-state index in [9.17, 15) is 4.79 Å². The van der Waals surface area contributed by atoms with Gasteiger partial charge in [-0.25, -0.2) is 0 Å². The van der Waals surface area contributed by atoms with Gasteiger partial charge in [0.25, 0.3) is 5.91 Å². The first-order valence-electron chi connectivity index (χ1n) is 6.75. The van der Waals surface area contributed by atoms with Crippen LogP contribution in [-0.4, -0.2) is 20.5 Å². The van der Waals surface area contributed by atoms with E-state index in [2.05, 4.69) is 15.5 Å². The van der Waals surface area contributed by atoms with Gasteiger partial charge in [-0.2, -0.15) is 0 Å². The molecule has 3 rings (SSSR count). The van der Waals surface area contributed by atoms with Crippen LogP contribution >= 0.6 is 0 Å². The molecule has 1 N–H and O–H groups in total. The van der Waals surface area contributed by atoms with Crippen LogP contribution in [0.3, 0.4) is 0 Å². The second-order valence-corrected chi connectivity index (χ2v) is 5.11. The summed E-state index contributed by atoms with van der Waals surface area (Å²) in [6.45, 7) is 5.82. The van der Waals surface area contributed by atoms with Crippen LogP contribution < -0.4 is 5.32 Å². The molecule has 21 heavy (non-hydrogen) atoms. The number of hydrogen-bond donors (Lipinski definition) is 1. The van der Waals surface area contributed by atoms with E-state index in [0.29, 0.717) is 5.56 Å². The van der Waals surface area contributed by atoms with Crippen molar-refractivity contribution >= 4 is 17.2 Å². The highest BCUT2D eigenvalue weighted by molar-refractivity contribution is 6.05. The van der Waals surface area contributed by atoms with Crippen LogP contribution in [0.2, 0.25) is 0 Å². The minimum Gasteiger partial charge on any atom is -0.321 e. The molecule has 0 saturated heterocycles. The SMILES string of the molecule is Cc1cccc(C)c1NC(=O)c1ccc2nnc(C)n2c1. The maximum absolute atomic E-state index is 12.4. The van der Waals surface area contributed by atoms with E-state index in [-0.39, 0.29) is 5.91 Å². The molecule has 0 aliphatic rings. The summed E-state index contributed by atoms with van der Waals surface area (Å²) in [5.74, 6) is 0.620. The molecule has 3 aromatic rings. The van der Waals surface area contributed by atoms with Gasteiger partial charge in [0, 0.05) is 11.9 Å². The van der Waals surface area contributed by atoms with Crippen molar-refractivity contribution in [2.24, 2.45) is 0 Å². The molecule has 5 heteroatoms. The van der Waals surface area contributed by atoms with Gasteiger partial charge < -0.3 is 5.32 Å². The van der Waals surface area contributed by atoms with E-state index in [1.165, 1.54) is 0 Å². The number of aromatic nitrogens is 3. The first-order chi connectivity index (χ1) is 10.1. The number of amides is 1. The molecule has 2 heterocycles. The topological polar surface area (TPSA) is 59.3 Å². The standard InChI is InChI=1S/C16H16N4O/c1-10-5-4-6-11(2)15(10)17-16(21)13-7-8-14-19-18-12(3)20(14)9-13/h4-9H,1-3H3,(H,17,21). The van der Waals surface area contributed by atoms with E-state index in [4.69, 9.17) is 0 Å². The van der Waals surface area contributed by atoms with Crippen molar-refractivity contribution in [1.82, 2.24) is 14.6 Å². The summed E-state index contributed by atoms with van der Waals surface area (Å²) in [7, 11) is 0. The first-order valence-corrected chi connectivity index (χ1v) is 6.75. The summed E-state index contributed by atoms with van der Waals surface area (Å²) in [5.41, 5.74) is 4.27. The average molecular weight is 280 g/mol. The average Bonchev–Trinajstić information content (AvgIpc) is 2.84. The largest absolute Gasteiger partial charge is 0.321 e. The number of para-hydroxylation sites is 1. The van der Waals surface area contributed by atoms with Gasteiger partial charge in [-0.3, -0.25) is 9.20 Å². The van der Waals surface area contributed by atoms with Crippen LogP contribution in [0.25, 0.3) is 5.65 Å². The fourth-order valence-corrected chi connectivity index (χ4v) is 2.34. The highest BCUT2D eigenvalue weighted by Crippen LogP contribution is 2.20. The van der Waals surface area contributed by atoms with Gasteiger partial charge in [-0.15, -0.1) is 10.2 Å². The lowest BCUT2D eigenvalue weighted by Gasteiger charge is -2.11. The monoisotopic (exact) mass is 280 g/mol. The normalized spacial score (nSPS) is 10.8. The van der Waals surface area contributed by atoms with Gasteiger partial charge >= 0.3 is 0 Å². The highest BCUT2D eigenvalue weighted by Gasteiger charge is 2.11. The molecule has 0 aliphatic carbocycles. The van der Waals surface area contributed by atoms with Crippen molar-refractivity contribution in [2.45, 2.75) is 20.8 Å². The molecule has 0 saturated carbocycles. The van der Waals surface area contributed by atoms with Crippen molar-refractivity contribution in [1.29, 1.82) is 0 Å². The van der Waals surface area contributed by atoms with E-state index >= 15 is 0 Å². The minimum absolute atomic E-state index is 0.137. The van der Waals surface area contributed by atoms with Crippen LogP contribution in [0.4, 0.5) is 5.69 Å². The lowest BCUT2D eigenvalue weighted by molar-refractivity contribution is 0.102. The molecule has 0 bridgehead atoms. The number of nitrogens with one attached hydrogen (secondary N) is 1. The molecule has 0 aliphatic heterocycles. The number of pyridine rings is 1. The van der Waals surface area contributed by atoms with Crippen molar-refractivity contribution < 1.29 is 4.79 Å². The number of hydrogen-bond acceptors (Lipinski definition) is 3. The van der Waals surface area contributed by atoms with Gasteiger partial charge in [-0.05, 0) is 44.0 Å². The fraction of sp³-hybridized carbons (Fsp3) is 0.188. The van der Waals surface area contributed by atoms with E-state index in [1.807, 2.05) is 39.0 Å². The third-order valence-electron chi connectivity index (χ3n) is 3.55. The van der Waals surface area contributed by atoms with Gasteiger partial charge in [-0.1, -0.05) is 18.2 Å².